The molecule has 5 nitrogen and oxygen atoms in total. The zero-order valence-corrected chi connectivity index (χ0v) is 13.9. The maximum absolute atomic E-state index is 13.1. The lowest BCUT2D eigenvalue weighted by Gasteiger charge is -2.38. The van der Waals surface area contributed by atoms with Gasteiger partial charge in [-0.2, -0.15) is 0 Å². The van der Waals surface area contributed by atoms with Crippen LogP contribution in [0.2, 0.25) is 0 Å². The highest BCUT2D eigenvalue weighted by Gasteiger charge is 2.31. The van der Waals surface area contributed by atoms with Crippen molar-refractivity contribution < 1.29 is 9.18 Å². The number of amides is 1. The number of amidine groups is 1. The van der Waals surface area contributed by atoms with Gasteiger partial charge in [-0.25, -0.2) is 4.39 Å². The number of thioether (sulfide) groups is 1. The third-order valence-corrected chi connectivity index (χ3v) is 5.34. The maximum atomic E-state index is 13.1. The number of carbonyl (C=O) groups is 1. The Bertz CT molecular complexity index is 599. The van der Waals surface area contributed by atoms with Crippen molar-refractivity contribution in [3.8, 4) is 0 Å². The van der Waals surface area contributed by atoms with Crippen molar-refractivity contribution >= 4 is 22.8 Å². The van der Waals surface area contributed by atoms with Gasteiger partial charge in [0.1, 0.15) is 11.9 Å². The van der Waals surface area contributed by atoms with E-state index in [1.807, 2.05) is 11.8 Å². The summed E-state index contributed by atoms with van der Waals surface area (Å²) in [7, 11) is 0. The number of aliphatic imine (C=N–C) groups is 1. The Hall–Kier alpha value is -1.60. The molecule has 0 unspecified atom stereocenters. The molecule has 2 atom stereocenters. The van der Waals surface area contributed by atoms with E-state index in [0.29, 0.717) is 5.25 Å². The molecule has 0 radical (unpaired) electrons. The summed E-state index contributed by atoms with van der Waals surface area (Å²) in [5.74, 6) is -0.710. The Morgan fingerprint density at radius 2 is 1.96 bits per heavy atom. The van der Waals surface area contributed by atoms with Gasteiger partial charge in [0, 0.05) is 31.4 Å². The zero-order valence-electron chi connectivity index (χ0n) is 13.1. The van der Waals surface area contributed by atoms with Crippen molar-refractivity contribution in [2.45, 2.75) is 18.2 Å². The van der Waals surface area contributed by atoms with Crippen LogP contribution >= 0.6 is 11.8 Å². The van der Waals surface area contributed by atoms with Crippen LogP contribution in [-0.4, -0.2) is 58.8 Å². The summed E-state index contributed by atoms with van der Waals surface area (Å²) in [6.45, 7) is 6.17. The third kappa shape index (κ3) is 3.67. The van der Waals surface area contributed by atoms with E-state index in [9.17, 15) is 9.18 Å². The molecule has 2 N–H and O–H groups in total. The molecular weight excluding hydrogens is 315 g/mol. The molecule has 7 heteroatoms. The van der Waals surface area contributed by atoms with E-state index < -0.39 is 11.9 Å². The molecule has 1 amide bonds. The van der Waals surface area contributed by atoms with Gasteiger partial charge in [0.15, 0.2) is 5.17 Å². The second-order valence-electron chi connectivity index (χ2n) is 5.93. The Morgan fingerprint density at radius 3 is 2.48 bits per heavy atom. The molecule has 0 saturated carbocycles. The lowest BCUT2D eigenvalue weighted by Crippen LogP contribution is -2.51. The van der Waals surface area contributed by atoms with Gasteiger partial charge in [0.05, 0.1) is 6.54 Å². The number of rotatable bonds is 3. The number of nitrogens with two attached hydrogens (primary N) is 1. The Morgan fingerprint density at radius 1 is 1.30 bits per heavy atom. The largest absolute Gasteiger partial charge is 0.368 e. The van der Waals surface area contributed by atoms with Crippen LogP contribution in [0, 0.1) is 5.82 Å². The van der Waals surface area contributed by atoms with Crippen molar-refractivity contribution in [2.24, 2.45) is 10.7 Å². The minimum Gasteiger partial charge on any atom is -0.368 e. The van der Waals surface area contributed by atoms with Crippen molar-refractivity contribution in [3.63, 3.8) is 0 Å². The number of nitrogens with zero attached hydrogens (tertiary/aromatic N) is 3. The molecule has 124 valence electrons. The Balaban J connectivity index is 1.66. The number of carbonyl (C=O) groups excluding carboxylic acids is 1. The third-order valence-electron chi connectivity index (χ3n) is 4.20. The van der Waals surface area contributed by atoms with E-state index in [-0.39, 0.29) is 5.82 Å². The highest BCUT2D eigenvalue weighted by Crippen LogP contribution is 2.26. The molecule has 2 aliphatic rings. The second kappa shape index (κ2) is 6.88. The molecule has 2 heterocycles. The molecule has 1 saturated heterocycles. The SMILES string of the molecule is C[C@H]1CN=C(N2CCN([C@@H](C(N)=O)c3ccc(F)cc3)CC2)S1. The van der Waals surface area contributed by atoms with E-state index in [2.05, 4.69) is 21.7 Å². The summed E-state index contributed by atoms with van der Waals surface area (Å²) in [6, 6.07) is 5.50. The number of piperazine rings is 1. The molecule has 23 heavy (non-hydrogen) atoms. The predicted octanol–water partition coefficient (Wildman–Crippen LogP) is 1.46. The monoisotopic (exact) mass is 336 g/mol. The molecule has 0 spiro atoms. The summed E-state index contributed by atoms with van der Waals surface area (Å²) < 4.78 is 13.1. The molecule has 0 bridgehead atoms. The smallest absolute Gasteiger partial charge is 0.239 e. The first-order chi connectivity index (χ1) is 11.0. The van der Waals surface area contributed by atoms with Crippen LogP contribution in [0.4, 0.5) is 4.39 Å². The quantitative estimate of drug-likeness (QED) is 0.908. The lowest BCUT2D eigenvalue weighted by molar-refractivity contribution is -0.124. The fraction of sp³-hybridized carbons (Fsp3) is 0.500. The van der Waals surface area contributed by atoms with Gasteiger partial charge in [0.25, 0.3) is 0 Å². The molecule has 2 aliphatic heterocycles. The van der Waals surface area contributed by atoms with Gasteiger partial charge in [-0.3, -0.25) is 14.7 Å². The summed E-state index contributed by atoms with van der Waals surface area (Å²) >= 11 is 1.81. The normalized spacial score (nSPS) is 23.7. The number of hydrogen-bond acceptors (Lipinski definition) is 5. The summed E-state index contributed by atoms with van der Waals surface area (Å²) in [5, 5.41) is 1.65. The zero-order chi connectivity index (χ0) is 16.4. The molecule has 1 aromatic carbocycles. The van der Waals surface area contributed by atoms with Crippen LogP contribution < -0.4 is 5.73 Å². The average molecular weight is 336 g/mol. The van der Waals surface area contributed by atoms with Crippen LogP contribution in [0.25, 0.3) is 0 Å². The minimum absolute atomic E-state index is 0.313. The van der Waals surface area contributed by atoms with Gasteiger partial charge >= 0.3 is 0 Å². The van der Waals surface area contributed by atoms with Crippen molar-refractivity contribution in [2.75, 3.05) is 32.7 Å². The fourth-order valence-corrected chi connectivity index (χ4v) is 4.00. The molecule has 3 rings (SSSR count). The first-order valence-corrected chi connectivity index (χ1v) is 8.67. The second-order valence-corrected chi connectivity index (χ2v) is 7.34. The maximum Gasteiger partial charge on any atom is 0.239 e. The average Bonchev–Trinajstić information content (AvgIpc) is 2.96. The van der Waals surface area contributed by atoms with Gasteiger partial charge < -0.3 is 10.6 Å². The molecule has 1 fully saturated rings. The van der Waals surface area contributed by atoms with Gasteiger partial charge in [-0.15, -0.1) is 0 Å². The molecule has 1 aromatic rings. The van der Waals surface area contributed by atoms with E-state index >= 15 is 0 Å². The minimum atomic E-state index is -0.505. The highest BCUT2D eigenvalue weighted by molar-refractivity contribution is 8.14. The van der Waals surface area contributed by atoms with Crippen molar-refractivity contribution in [1.29, 1.82) is 0 Å². The summed E-state index contributed by atoms with van der Waals surface area (Å²) in [6.07, 6.45) is 0. The molecule has 0 aliphatic carbocycles. The van der Waals surface area contributed by atoms with E-state index in [1.165, 1.54) is 12.1 Å². The van der Waals surface area contributed by atoms with E-state index in [0.717, 1.165) is 43.5 Å². The van der Waals surface area contributed by atoms with Crippen LogP contribution in [0.1, 0.15) is 18.5 Å². The van der Waals surface area contributed by atoms with Gasteiger partial charge in [0.2, 0.25) is 5.91 Å². The topological polar surface area (TPSA) is 61.9 Å². The van der Waals surface area contributed by atoms with Crippen LogP contribution in [0.3, 0.4) is 0 Å². The fourth-order valence-electron chi connectivity index (χ4n) is 3.01. The number of halogens is 1. The van der Waals surface area contributed by atoms with Gasteiger partial charge in [-0.05, 0) is 17.7 Å². The summed E-state index contributed by atoms with van der Waals surface area (Å²) in [5.41, 5.74) is 6.34. The van der Waals surface area contributed by atoms with E-state index in [4.69, 9.17) is 5.73 Å². The highest BCUT2D eigenvalue weighted by atomic mass is 32.2. The van der Waals surface area contributed by atoms with Crippen LogP contribution in [0.15, 0.2) is 29.3 Å². The van der Waals surface area contributed by atoms with Gasteiger partial charge in [-0.1, -0.05) is 30.8 Å². The first-order valence-electron chi connectivity index (χ1n) is 7.79. The number of hydrogen-bond donors (Lipinski definition) is 1. The number of benzene rings is 1. The summed E-state index contributed by atoms with van der Waals surface area (Å²) in [4.78, 5) is 20.8. The van der Waals surface area contributed by atoms with Crippen molar-refractivity contribution in [1.82, 2.24) is 9.80 Å². The molecular formula is C16H21FN4OS. The van der Waals surface area contributed by atoms with E-state index in [1.54, 1.807) is 12.1 Å². The van der Waals surface area contributed by atoms with Crippen LogP contribution in [-0.2, 0) is 4.79 Å². The Kier molecular flexibility index (Phi) is 4.87. The number of primary amides is 1. The van der Waals surface area contributed by atoms with Crippen LogP contribution in [0.5, 0.6) is 0 Å². The Labute approximate surface area is 139 Å². The predicted molar refractivity (Wildman–Crippen MR) is 90.8 cm³/mol. The first kappa shape index (κ1) is 16.3. The molecule has 0 aromatic heterocycles. The standard InChI is InChI=1S/C16H21FN4OS/c1-11-10-19-16(23-11)21-8-6-20(7-9-21)14(15(18)22)12-2-4-13(17)5-3-12/h2-5,11,14H,6-10H2,1H3,(H2,18,22)/t11-,14+/m0/s1. The van der Waals surface area contributed by atoms with Crippen molar-refractivity contribution in [3.05, 3.63) is 35.6 Å². The lowest BCUT2D eigenvalue weighted by atomic mass is 10.0.